The molecule has 0 N–H and O–H groups in total. The van der Waals surface area contributed by atoms with Crippen molar-refractivity contribution in [3.05, 3.63) is 18.0 Å². The second-order valence-corrected chi connectivity index (χ2v) is 6.46. The first-order chi connectivity index (χ1) is 11.6. The molecule has 0 atom stereocenters. The molecule has 2 fully saturated rings. The number of hydrogen-bond acceptors (Lipinski definition) is 4. The highest BCUT2D eigenvalue weighted by atomic mass is 16.5. The molecular formula is C16H25N5O3. The zero-order valence-electron chi connectivity index (χ0n) is 14.3. The van der Waals surface area contributed by atoms with Crippen LogP contribution in [-0.2, 0) is 4.74 Å². The van der Waals surface area contributed by atoms with Crippen molar-refractivity contribution in [2.45, 2.75) is 19.9 Å². The van der Waals surface area contributed by atoms with E-state index in [9.17, 15) is 9.59 Å². The maximum absolute atomic E-state index is 12.6. The van der Waals surface area contributed by atoms with Crippen LogP contribution in [0, 0.1) is 0 Å². The molecule has 0 unspecified atom stereocenters. The van der Waals surface area contributed by atoms with Gasteiger partial charge >= 0.3 is 6.03 Å². The number of carbonyl (C=O) groups is 2. The van der Waals surface area contributed by atoms with E-state index < -0.39 is 0 Å². The zero-order chi connectivity index (χ0) is 17.1. The molecule has 0 aromatic carbocycles. The normalized spacial score (nSPS) is 19.0. The van der Waals surface area contributed by atoms with Gasteiger partial charge in [-0.25, -0.2) is 4.79 Å². The Morgan fingerprint density at radius 3 is 2.17 bits per heavy atom. The number of amides is 3. The van der Waals surface area contributed by atoms with Gasteiger partial charge in [0.15, 0.2) is 0 Å². The van der Waals surface area contributed by atoms with E-state index in [4.69, 9.17) is 4.74 Å². The van der Waals surface area contributed by atoms with Crippen LogP contribution >= 0.6 is 0 Å². The van der Waals surface area contributed by atoms with E-state index >= 15 is 0 Å². The molecule has 0 radical (unpaired) electrons. The average Bonchev–Trinajstić information content (AvgIpc) is 3.12. The van der Waals surface area contributed by atoms with Crippen molar-refractivity contribution in [2.24, 2.45) is 0 Å². The van der Waals surface area contributed by atoms with Crippen molar-refractivity contribution in [2.75, 3.05) is 52.5 Å². The van der Waals surface area contributed by atoms with Gasteiger partial charge in [-0.05, 0) is 13.8 Å². The molecular weight excluding hydrogens is 310 g/mol. The summed E-state index contributed by atoms with van der Waals surface area (Å²) in [5, 5.41) is 4.22. The molecule has 132 valence electrons. The van der Waals surface area contributed by atoms with Crippen molar-refractivity contribution in [1.82, 2.24) is 24.5 Å². The van der Waals surface area contributed by atoms with E-state index in [0.29, 0.717) is 58.0 Å². The minimum absolute atomic E-state index is 0.0135. The Bertz CT molecular complexity index is 586. The van der Waals surface area contributed by atoms with Crippen molar-refractivity contribution in [3.8, 4) is 0 Å². The summed E-state index contributed by atoms with van der Waals surface area (Å²) in [5.41, 5.74) is 0.608. The molecule has 8 heteroatoms. The van der Waals surface area contributed by atoms with E-state index in [1.165, 1.54) is 0 Å². The highest BCUT2D eigenvalue weighted by Crippen LogP contribution is 2.12. The van der Waals surface area contributed by atoms with Gasteiger partial charge in [0.25, 0.3) is 5.91 Å². The summed E-state index contributed by atoms with van der Waals surface area (Å²) in [5.74, 6) is -0.0135. The number of carbonyl (C=O) groups excluding carboxylic acids is 2. The fraction of sp³-hybridized carbons (Fsp3) is 0.688. The van der Waals surface area contributed by atoms with Gasteiger partial charge in [-0.3, -0.25) is 9.48 Å². The first-order valence-corrected chi connectivity index (χ1v) is 8.51. The molecule has 2 aliphatic rings. The minimum Gasteiger partial charge on any atom is -0.378 e. The lowest BCUT2D eigenvalue weighted by Gasteiger charge is -2.38. The molecule has 1 aromatic heterocycles. The second kappa shape index (κ2) is 7.21. The van der Waals surface area contributed by atoms with Crippen molar-refractivity contribution in [3.63, 3.8) is 0 Å². The Balaban J connectivity index is 1.54. The third kappa shape index (κ3) is 3.53. The zero-order valence-corrected chi connectivity index (χ0v) is 14.3. The first kappa shape index (κ1) is 16.8. The number of rotatable bonds is 2. The molecule has 24 heavy (non-hydrogen) atoms. The van der Waals surface area contributed by atoms with Crippen LogP contribution in [0.25, 0.3) is 0 Å². The Morgan fingerprint density at radius 1 is 1.00 bits per heavy atom. The number of morpholine rings is 1. The van der Waals surface area contributed by atoms with E-state index in [0.717, 1.165) is 0 Å². The van der Waals surface area contributed by atoms with Crippen LogP contribution in [0.5, 0.6) is 0 Å². The fourth-order valence-corrected chi connectivity index (χ4v) is 2.97. The van der Waals surface area contributed by atoms with E-state index in [1.54, 1.807) is 22.0 Å². The Hall–Kier alpha value is -2.09. The van der Waals surface area contributed by atoms with Crippen LogP contribution in [0.3, 0.4) is 0 Å². The average molecular weight is 335 g/mol. The number of piperazine rings is 1. The quantitative estimate of drug-likeness (QED) is 0.797. The molecule has 1 aromatic rings. The third-order valence-electron chi connectivity index (χ3n) is 4.50. The standard InChI is InChI=1S/C16H25N5O3/c1-13(2)21-12-14(11-17-21)15(22)18-3-5-19(6-4-18)16(23)20-7-9-24-10-8-20/h11-13H,3-10H2,1-2H3. The number of aromatic nitrogens is 2. The van der Waals surface area contributed by atoms with Gasteiger partial charge in [0.2, 0.25) is 0 Å². The fourth-order valence-electron chi connectivity index (χ4n) is 2.97. The molecule has 0 bridgehead atoms. The van der Waals surface area contributed by atoms with E-state index in [2.05, 4.69) is 5.10 Å². The van der Waals surface area contributed by atoms with Crippen LogP contribution in [0.4, 0.5) is 4.79 Å². The molecule has 2 saturated heterocycles. The van der Waals surface area contributed by atoms with Crippen LogP contribution in [-0.4, -0.2) is 88.9 Å². The third-order valence-corrected chi connectivity index (χ3v) is 4.50. The molecule has 8 nitrogen and oxygen atoms in total. The smallest absolute Gasteiger partial charge is 0.320 e. The topological polar surface area (TPSA) is 70.9 Å². The van der Waals surface area contributed by atoms with Crippen LogP contribution in [0.1, 0.15) is 30.2 Å². The van der Waals surface area contributed by atoms with Gasteiger partial charge in [-0.15, -0.1) is 0 Å². The lowest BCUT2D eigenvalue weighted by Crippen LogP contribution is -2.55. The van der Waals surface area contributed by atoms with Crippen LogP contribution < -0.4 is 0 Å². The Kier molecular flexibility index (Phi) is 5.03. The van der Waals surface area contributed by atoms with Crippen LogP contribution in [0.15, 0.2) is 12.4 Å². The SMILES string of the molecule is CC(C)n1cc(C(=O)N2CCN(C(=O)N3CCOCC3)CC2)cn1. The summed E-state index contributed by atoms with van der Waals surface area (Å²) in [7, 11) is 0. The molecule has 2 aliphatic heterocycles. The van der Waals surface area contributed by atoms with Gasteiger partial charge in [-0.2, -0.15) is 5.10 Å². The summed E-state index contributed by atoms with van der Waals surface area (Å²) in [4.78, 5) is 30.5. The number of nitrogens with zero attached hydrogens (tertiary/aromatic N) is 5. The summed E-state index contributed by atoms with van der Waals surface area (Å²) < 4.78 is 7.06. The summed E-state index contributed by atoms with van der Waals surface area (Å²) in [6.07, 6.45) is 3.41. The Morgan fingerprint density at radius 2 is 1.58 bits per heavy atom. The molecule has 3 heterocycles. The monoisotopic (exact) mass is 335 g/mol. The number of ether oxygens (including phenoxy) is 1. The largest absolute Gasteiger partial charge is 0.378 e. The predicted molar refractivity (Wildman–Crippen MR) is 87.9 cm³/mol. The lowest BCUT2D eigenvalue weighted by molar-refractivity contribution is 0.0362. The highest BCUT2D eigenvalue weighted by Gasteiger charge is 2.28. The maximum atomic E-state index is 12.6. The molecule has 0 spiro atoms. The molecule has 3 amide bonds. The van der Waals surface area contributed by atoms with Crippen molar-refractivity contribution in [1.29, 1.82) is 0 Å². The van der Waals surface area contributed by atoms with E-state index in [1.807, 2.05) is 23.6 Å². The number of hydrogen-bond donors (Lipinski definition) is 0. The first-order valence-electron chi connectivity index (χ1n) is 8.51. The molecule has 0 saturated carbocycles. The second-order valence-electron chi connectivity index (χ2n) is 6.46. The molecule has 3 rings (SSSR count). The van der Waals surface area contributed by atoms with Crippen molar-refractivity contribution < 1.29 is 14.3 Å². The maximum Gasteiger partial charge on any atom is 0.320 e. The highest BCUT2D eigenvalue weighted by molar-refractivity contribution is 5.94. The predicted octanol–water partition coefficient (Wildman–Crippen LogP) is 0.674. The van der Waals surface area contributed by atoms with Gasteiger partial charge in [0.1, 0.15) is 0 Å². The summed E-state index contributed by atoms with van der Waals surface area (Å²) >= 11 is 0. The van der Waals surface area contributed by atoms with Gasteiger partial charge in [0, 0.05) is 51.5 Å². The van der Waals surface area contributed by atoms with Gasteiger partial charge in [0.05, 0.1) is 25.0 Å². The van der Waals surface area contributed by atoms with Gasteiger partial charge in [-0.1, -0.05) is 0 Å². The van der Waals surface area contributed by atoms with Crippen molar-refractivity contribution >= 4 is 11.9 Å². The summed E-state index contributed by atoms with van der Waals surface area (Å²) in [6, 6.07) is 0.285. The lowest BCUT2D eigenvalue weighted by atomic mass is 10.2. The number of urea groups is 1. The minimum atomic E-state index is -0.0135. The van der Waals surface area contributed by atoms with Crippen LogP contribution in [0.2, 0.25) is 0 Å². The molecule has 0 aliphatic carbocycles. The Labute approximate surface area is 141 Å². The summed E-state index contributed by atoms with van der Waals surface area (Å²) in [6.45, 7) is 8.80. The van der Waals surface area contributed by atoms with Gasteiger partial charge < -0.3 is 19.4 Å². The van der Waals surface area contributed by atoms with E-state index in [-0.39, 0.29) is 18.0 Å².